The lowest BCUT2D eigenvalue weighted by Gasteiger charge is -2.32. The number of fused-ring (bicyclic) bond motifs is 1. The van der Waals surface area contributed by atoms with E-state index in [0.29, 0.717) is 22.9 Å². The van der Waals surface area contributed by atoms with Crippen molar-refractivity contribution in [2.45, 2.75) is 39.7 Å². The normalized spacial score (nSPS) is 15.9. The van der Waals surface area contributed by atoms with Crippen LogP contribution in [0.4, 0.5) is 5.69 Å². The average molecular weight is 409 g/mol. The monoisotopic (exact) mass is 409 g/mol. The van der Waals surface area contributed by atoms with E-state index in [0.717, 1.165) is 22.4 Å². The van der Waals surface area contributed by atoms with E-state index in [4.69, 9.17) is 9.47 Å². The summed E-state index contributed by atoms with van der Waals surface area (Å²) in [7, 11) is 3.27. The van der Waals surface area contributed by atoms with Crippen molar-refractivity contribution in [3.63, 3.8) is 0 Å². The standard InChI is InChI=1S/C23H27N3O4/c1-12(2)30-22-20-19(16-8-7-15(11-24-5)9-17(16)29-6)18(23(27)28)14(4)26-21(20)13(3)10-25-22/h7-12,19,26H,1-6H3,(H,27,28)/b24-11+. The predicted octanol–water partition coefficient (Wildman–Crippen LogP) is 4.15. The van der Waals surface area contributed by atoms with Crippen molar-refractivity contribution in [2.24, 2.45) is 4.99 Å². The van der Waals surface area contributed by atoms with Gasteiger partial charge in [-0.2, -0.15) is 0 Å². The summed E-state index contributed by atoms with van der Waals surface area (Å²) in [6, 6.07) is 5.63. The Kier molecular flexibility index (Phi) is 6.10. The second-order valence-electron chi connectivity index (χ2n) is 7.49. The molecule has 0 bridgehead atoms. The number of carboxylic acids is 1. The average Bonchev–Trinajstić information content (AvgIpc) is 2.69. The fraction of sp³-hybridized carbons (Fsp3) is 0.348. The van der Waals surface area contributed by atoms with Crippen molar-refractivity contribution >= 4 is 17.9 Å². The minimum atomic E-state index is -1.01. The van der Waals surface area contributed by atoms with E-state index in [1.165, 1.54) is 0 Å². The summed E-state index contributed by atoms with van der Waals surface area (Å²) in [6.07, 6.45) is 3.34. The molecule has 0 saturated carbocycles. The highest BCUT2D eigenvalue weighted by molar-refractivity contribution is 5.94. The van der Waals surface area contributed by atoms with Gasteiger partial charge in [-0.05, 0) is 44.9 Å². The van der Waals surface area contributed by atoms with E-state index < -0.39 is 11.9 Å². The number of aliphatic imine (C=N–C) groups is 1. The van der Waals surface area contributed by atoms with Gasteiger partial charge in [0.1, 0.15) is 5.75 Å². The van der Waals surface area contributed by atoms with Crippen LogP contribution in [0, 0.1) is 6.92 Å². The third-order valence-corrected chi connectivity index (χ3v) is 4.99. The first kappa shape index (κ1) is 21.4. The SMILES string of the molecule is C/N=C/c1ccc(C2C(C(=O)O)=C(C)Nc3c(C)cnc(OC(C)C)c32)c(OC)c1. The van der Waals surface area contributed by atoms with Gasteiger partial charge in [-0.1, -0.05) is 12.1 Å². The fourth-order valence-electron chi connectivity index (χ4n) is 3.77. The van der Waals surface area contributed by atoms with Crippen LogP contribution in [0.5, 0.6) is 11.6 Å². The topological polar surface area (TPSA) is 93.0 Å². The third-order valence-electron chi connectivity index (χ3n) is 4.99. The number of ether oxygens (including phenoxy) is 2. The second-order valence-corrected chi connectivity index (χ2v) is 7.49. The number of carbonyl (C=O) groups is 1. The molecular formula is C23H27N3O4. The number of anilines is 1. The molecule has 1 aliphatic heterocycles. The van der Waals surface area contributed by atoms with Gasteiger partial charge >= 0.3 is 5.97 Å². The van der Waals surface area contributed by atoms with E-state index >= 15 is 0 Å². The van der Waals surface area contributed by atoms with Crippen molar-refractivity contribution in [3.05, 3.63) is 57.9 Å². The quantitative estimate of drug-likeness (QED) is 0.696. The van der Waals surface area contributed by atoms with Crippen LogP contribution in [-0.2, 0) is 4.79 Å². The van der Waals surface area contributed by atoms with Crippen LogP contribution < -0.4 is 14.8 Å². The molecule has 1 aliphatic rings. The Balaban J connectivity index is 2.34. The fourth-order valence-corrected chi connectivity index (χ4v) is 3.77. The van der Waals surface area contributed by atoms with E-state index in [-0.39, 0.29) is 11.7 Å². The molecule has 0 radical (unpaired) electrons. The molecule has 1 aromatic carbocycles. The highest BCUT2D eigenvalue weighted by Gasteiger charge is 2.37. The number of allylic oxidation sites excluding steroid dienone is 1. The number of hydrogen-bond acceptors (Lipinski definition) is 6. The van der Waals surface area contributed by atoms with Gasteiger partial charge in [0.25, 0.3) is 0 Å². The summed E-state index contributed by atoms with van der Waals surface area (Å²) in [4.78, 5) is 20.9. The molecule has 0 fully saturated rings. The molecule has 30 heavy (non-hydrogen) atoms. The number of aliphatic carboxylic acids is 1. The van der Waals surface area contributed by atoms with E-state index in [1.807, 2.05) is 39.0 Å². The molecule has 2 heterocycles. The number of methoxy groups -OCH3 is 1. The van der Waals surface area contributed by atoms with E-state index in [1.54, 1.807) is 33.5 Å². The summed E-state index contributed by atoms with van der Waals surface area (Å²) in [5, 5.41) is 13.3. The van der Waals surface area contributed by atoms with Crippen molar-refractivity contribution in [2.75, 3.05) is 19.5 Å². The van der Waals surface area contributed by atoms with Gasteiger partial charge in [0.05, 0.1) is 36.0 Å². The molecule has 0 spiro atoms. The molecule has 1 aromatic heterocycles. The van der Waals surface area contributed by atoms with Crippen LogP contribution in [0.15, 0.2) is 40.7 Å². The van der Waals surface area contributed by atoms with Gasteiger partial charge < -0.3 is 19.9 Å². The predicted molar refractivity (Wildman–Crippen MR) is 117 cm³/mol. The van der Waals surface area contributed by atoms with E-state index in [2.05, 4.69) is 15.3 Å². The van der Waals surface area contributed by atoms with Gasteiger partial charge in [0.2, 0.25) is 5.88 Å². The zero-order valence-corrected chi connectivity index (χ0v) is 18.1. The molecule has 1 unspecified atom stereocenters. The number of pyridine rings is 1. The van der Waals surface area contributed by atoms with Crippen LogP contribution in [0.25, 0.3) is 0 Å². The van der Waals surface area contributed by atoms with Crippen LogP contribution in [0.2, 0.25) is 0 Å². The van der Waals surface area contributed by atoms with Gasteiger partial charge in [-0.15, -0.1) is 0 Å². The minimum Gasteiger partial charge on any atom is -0.496 e. The Morgan fingerprint density at radius 1 is 1.33 bits per heavy atom. The Hall–Kier alpha value is -3.35. The summed E-state index contributed by atoms with van der Waals surface area (Å²) in [6.45, 7) is 7.54. The molecule has 0 amide bonds. The zero-order valence-electron chi connectivity index (χ0n) is 18.1. The first-order valence-corrected chi connectivity index (χ1v) is 9.75. The molecule has 2 N–H and O–H groups in total. The van der Waals surface area contributed by atoms with Crippen LogP contribution in [0.3, 0.4) is 0 Å². The lowest BCUT2D eigenvalue weighted by Crippen LogP contribution is -2.25. The molecular weight excluding hydrogens is 382 g/mol. The maximum atomic E-state index is 12.3. The number of nitrogens with one attached hydrogen (secondary N) is 1. The summed E-state index contributed by atoms with van der Waals surface area (Å²) in [5.41, 5.74) is 4.82. The number of carboxylic acid groups (broad SMARTS) is 1. The summed E-state index contributed by atoms with van der Waals surface area (Å²) >= 11 is 0. The van der Waals surface area contributed by atoms with E-state index in [9.17, 15) is 9.90 Å². The molecule has 7 nitrogen and oxygen atoms in total. The van der Waals surface area contributed by atoms with Crippen LogP contribution in [0.1, 0.15) is 48.9 Å². The van der Waals surface area contributed by atoms with Gasteiger partial charge in [0, 0.05) is 30.7 Å². The molecule has 3 rings (SSSR count). The van der Waals surface area contributed by atoms with Gasteiger partial charge in [-0.25, -0.2) is 9.78 Å². The molecule has 1 atom stereocenters. The number of nitrogens with zero attached hydrogens (tertiary/aromatic N) is 2. The molecule has 158 valence electrons. The summed E-state index contributed by atoms with van der Waals surface area (Å²) in [5.74, 6) is -0.624. The Labute approximate surface area is 176 Å². The smallest absolute Gasteiger partial charge is 0.334 e. The lowest BCUT2D eigenvalue weighted by atomic mass is 9.79. The minimum absolute atomic E-state index is 0.115. The first-order valence-electron chi connectivity index (χ1n) is 9.75. The number of hydrogen-bond donors (Lipinski definition) is 2. The largest absolute Gasteiger partial charge is 0.496 e. The van der Waals surface area contributed by atoms with Crippen molar-refractivity contribution in [1.82, 2.24) is 4.98 Å². The van der Waals surface area contributed by atoms with Crippen molar-refractivity contribution in [1.29, 1.82) is 0 Å². The number of aromatic nitrogens is 1. The zero-order chi connectivity index (χ0) is 22.0. The molecule has 2 aromatic rings. The highest BCUT2D eigenvalue weighted by Crippen LogP contribution is 2.49. The molecule has 0 aliphatic carbocycles. The molecule has 7 heteroatoms. The Morgan fingerprint density at radius 2 is 2.07 bits per heavy atom. The third kappa shape index (κ3) is 3.87. The van der Waals surface area contributed by atoms with Crippen molar-refractivity contribution in [3.8, 4) is 11.6 Å². The maximum absolute atomic E-state index is 12.3. The lowest BCUT2D eigenvalue weighted by molar-refractivity contribution is -0.133. The number of rotatable bonds is 6. The van der Waals surface area contributed by atoms with Crippen LogP contribution >= 0.6 is 0 Å². The highest BCUT2D eigenvalue weighted by atomic mass is 16.5. The Bertz CT molecular complexity index is 1040. The molecule has 0 saturated heterocycles. The number of aryl methyl sites for hydroxylation is 1. The van der Waals surface area contributed by atoms with Crippen molar-refractivity contribution < 1.29 is 19.4 Å². The van der Waals surface area contributed by atoms with Crippen LogP contribution in [-0.4, -0.2) is 42.5 Å². The van der Waals surface area contributed by atoms with Gasteiger partial charge in [0.15, 0.2) is 0 Å². The second kappa shape index (κ2) is 8.57. The first-order chi connectivity index (χ1) is 14.3. The number of benzene rings is 1. The van der Waals surface area contributed by atoms with Gasteiger partial charge in [-0.3, -0.25) is 4.99 Å². The summed E-state index contributed by atoms with van der Waals surface area (Å²) < 4.78 is 11.6. The maximum Gasteiger partial charge on any atom is 0.334 e. The Morgan fingerprint density at radius 3 is 2.67 bits per heavy atom.